The smallest absolute Gasteiger partial charge is 0.335 e. The van der Waals surface area contributed by atoms with E-state index in [-0.39, 0.29) is 5.91 Å². The molecular weight excluding hydrogens is 482 g/mol. The maximum absolute atomic E-state index is 12.3. The Bertz CT molecular complexity index is 1040. The maximum atomic E-state index is 12.3. The molecule has 0 aromatic heterocycles. The van der Waals surface area contributed by atoms with E-state index < -0.39 is 29.7 Å². The topological polar surface area (TPSA) is 174 Å². The van der Waals surface area contributed by atoms with E-state index in [1.54, 1.807) is 25.8 Å². The van der Waals surface area contributed by atoms with Gasteiger partial charge in [-0.05, 0) is 48.7 Å². The van der Waals surface area contributed by atoms with Gasteiger partial charge in [0.2, 0.25) is 5.91 Å². The van der Waals surface area contributed by atoms with Gasteiger partial charge in [-0.15, -0.1) is 0 Å². The Morgan fingerprint density at radius 1 is 0.973 bits per heavy atom. The zero-order chi connectivity index (χ0) is 27.8. The first-order valence-corrected chi connectivity index (χ1v) is 11.7. The molecule has 1 aliphatic rings. The summed E-state index contributed by atoms with van der Waals surface area (Å²) >= 11 is 0. The van der Waals surface area contributed by atoms with Crippen molar-refractivity contribution < 1.29 is 39.5 Å². The second-order valence-electron chi connectivity index (χ2n) is 9.30. The number of aliphatic hydroxyl groups is 2. The predicted molar refractivity (Wildman–Crippen MR) is 137 cm³/mol. The second kappa shape index (κ2) is 13.2. The lowest BCUT2D eigenvalue weighted by molar-refractivity contribution is -0.165. The normalized spacial score (nSPS) is 15.1. The van der Waals surface area contributed by atoms with Crippen molar-refractivity contribution in [2.24, 2.45) is 5.73 Å². The van der Waals surface area contributed by atoms with Gasteiger partial charge in [0.25, 0.3) is 0 Å². The molecule has 202 valence electrons. The fourth-order valence-electron chi connectivity index (χ4n) is 3.64. The number of hydrogen-bond acceptors (Lipinski definition) is 8. The number of aliphatic hydroxyl groups excluding tert-OH is 2. The minimum atomic E-state index is -2.27. The third-order valence-corrected chi connectivity index (χ3v) is 5.63. The minimum absolute atomic E-state index is 0.0669. The number of nitrogens with zero attached hydrogens (tertiary/aromatic N) is 2. The highest BCUT2D eigenvalue weighted by molar-refractivity contribution is 5.85. The molecule has 2 atom stereocenters. The standard InChI is InChI=1S/C22H29N3O2.C4H6O6/c1-22(2,23)21(26)24(3)16-17-5-4-6-19(15-17)18-7-9-20(10-8-18)25-11-13-27-14-12-25;5-1(3(7)8)2(6)4(9)10/h4-10,15H,11-14,16,23H2,1-3H3;1-2,5-6H,(H,7,8)(H,9,10)/t;1-,2-/m.1/s1. The molecule has 0 aliphatic carbocycles. The summed E-state index contributed by atoms with van der Waals surface area (Å²) in [6.07, 6.45) is -4.53. The first-order valence-electron chi connectivity index (χ1n) is 11.7. The highest BCUT2D eigenvalue weighted by Gasteiger charge is 2.29. The van der Waals surface area contributed by atoms with Gasteiger partial charge >= 0.3 is 11.9 Å². The third kappa shape index (κ3) is 8.83. The Hall–Kier alpha value is -3.51. The summed E-state index contributed by atoms with van der Waals surface area (Å²) in [5, 5.41) is 32.5. The molecule has 0 radical (unpaired) electrons. The van der Waals surface area contributed by atoms with Crippen LogP contribution in [0.1, 0.15) is 19.4 Å². The van der Waals surface area contributed by atoms with Crippen molar-refractivity contribution in [3.63, 3.8) is 0 Å². The van der Waals surface area contributed by atoms with Crippen LogP contribution in [0.2, 0.25) is 0 Å². The summed E-state index contributed by atoms with van der Waals surface area (Å²) in [5.74, 6) is -3.60. The first-order chi connectivity index (χ1) is 17.3. The van der Waals surface area contributed by atoms with Gasteiger partial charge < -0.3 is 40.7 Å². The molecule has 37 heavy (non-hydrogen) atoms. The molecule has 11 nitrogen and oxygen atoms in total. The lowest BCUT2D eigenvalue weighted by Gasteiger charge is -2.29. The Morgan fingerprint density at radius 3 is 2.00 bits per heavy atom. The molecule has 2 aromatic carbocycles. The summed E-state index contributed by atoms with van der Waals surface area (Å²) in [6.45, 7) is 7.46. The van der Waals surface area contributed by atoms with Crippen molar-refractivity contribution in [2.45, 2.75) is 38.1 Å². The molecule has 1 aliphatic heterocycles. The van der Waals surface area contributed by atoms with Crippen LogP contribution in [0.25, 0.3) is 11.1 Å². The largest absolute Gasteiger partial charge is 0.479 e. The Kier molecular flexibility index (Phi) is 10.6. The number of rotatable bonds is 8. The molecule has 0 spiro atoms. The molecular formula is C26H35N3O8. The second-order valence-corrected chi connectivity index (χ2v) is 9.30. The zero-order valence-electron chi connectivity index (χ0n) is 21.2. The van der Waals surface area contributed by atoms with E-state index in [2.05, 4.69) is 41.3 Å². The van der Waals surface area contributed by atoms with Crippen LogP contribution in [0.3, 0.4) is 0 Å². The molecule has 1 fully saturated rings. The van der Waals surface area contributed by atoms with E-state index in [9.17, 15) is 14.4 Å². The molecule has 3 rings (SSSR count). The van der Waals surface area contributed by atoms with Crippen LogP contribution in [-0.4, -0.2) is 94.3 Å². The molecule has 0 bridgehead atoms. The van der Waals surface area contributed by atoms with Gasteiger partial charge in [0.15, 0.2) is 12.2 Å². The first kappa shape index (κ1) is 29.7. The third-order valence-electron chi connectivity index (χ3n) is 5.63. The number of anilines is 1. The van der Waals surface area contributed by atoms with Crippen LogP contribution in [0, 0.1) is 0 Å². The molecule has 0 saturated carbocycles. The number of amides is 1. The van der Waals surface area contributed by atoms with Crippen LogP contribution >= 0.6 is 0 Å². The fraction of sp³-hybridized carbons (Fsp3) is 0.423. The number of aliphatic carboxylic acids is 2. The average Bonchev–Trinajstić information content (AvgIpc) is 2.87. The number of hydrogen-bond donors (Lipinski definition) is 5. The monoisotopic (exact) mass is 517 g/mol. The molecule has 1 saturated heterocycles. The number of carbonyl (C=O) groups is 3. The molecule has 11 heteroatoms. The van der Waals surface area contributed by atoms with Crippen molar-refractivity contribution in [1.29, 1.82) is 0 Å². The van der Waals surface area contributed by atoms with E-state index >= 15 is 0 Å². The van der Waals surface area contributed by atoms with Crippen LogP contribution < -0.4 is 10.6 Å². The number of carbonyl (C=O) groups excluding carboxylic acids is 1. The van der Waals surface area contributed by atoms with E-state index in [0.29, 0.717) is 6.54 Å². The number of morpholine rings is 1. The van der Waals surface area contributed by atoms with Gasteiger partial charge in [-0.2, -0.15) is 0 Å². The van der Waals surface area contributed by atoms with Crippen molar-refractivity contribution >= 4 is 23.5 Å². The van der Waals surface area contributed by atoms with Crippen LogP contribution in [0.4, 0.5) is 5.69 Å². The van der Waals surface area contributed by atoms with E-state index in [1.165, 1.54) is 11.3 Å². The van der Waals surface area contributed by atoms with Gasteiger partial charge in [0.1, 0.15) is 0 Å². The summed E-state index contributed by atoms with van der Waals surface area (Å²) in [4.78, 5) is 35.9. The van der Waals surface area contributed by atoms with Gasteiger partial charge in [-0.3, -0.25) is 4.79 Å². The minimum Gasteiger partial charge on any atom is -0.479 e. The lowest BCUT2D eigenvalue weighted by atomic mass is 10.0. The molecule has 1 heterocycles. The number of likely N-dealkylation sites (N-methyl/N-ethyl adjacent to an activating group) is 1. The number of nitrogens with two attached hydrogens (primary N) is 1. The van der Waals surface area contributed by atoms with E-state index in [1.807, 2.05) is 12.1 Å². The number of carboxylic acids is 2. The van der Waals surface area contributed by atoms with Crippen molar-refractivity contribution in [1.82, 2.24) is 4.90 Å². The number of benzene rings is 2. The lowest BCUT2D eigenvalue weighted by Crippen LogP contribution is -2.49. The molecule has 2 aromatic rings. The zero-order valence-corrected chi connectivity index (χ0v) is 21.2. The molecule has 0 unspecified atom stereocenters. The summed E-state index contributed by atoms with van der Waals surface area (Å²) in [6, 6.07) is 17.0. The SMILES string of the molecule is CN(Cc1cccc(-c2ccc(N3CCOCC3)cc2)c1)C(=O)C(C)(C)N.O=C(O)[C@H](O)[C@@H](O)C(=O)O. The Balaban J connectivity index is 0.000000410. The average molecular weight is 518 g/mol. The Morgan fingerprint density at radius 2 is 1.51 bits per heavy atom. The van der Waals surface area contributed by atoms with Crippen LogP contribution in [-0.2, 0) is 25.7 Å². The molecule has 6 N–H and O–H groups in total. The van der Waals surface area contributed by atoms with E-state index in [0.717, 1.165) is 37.4 Å². The summed E-state index contributed by atoms with van der Waals surface area (Å²) in [5.41, 5.74) is 9.70. The van der Waals surface area contributed by atoms with Crippen molar-refractivity contribution in [3.8, 4) is 11.1 Å². The van der Waals surface area contributed by atoms with Gasteiger partial charge in [-0.1, -0.05) is 30.3 Å². The number of carboxylic acid groups (broad SMARTS) is 2. The Labute approximate surface area is 215 Å². The molecule has 1 amide bonds. The van der Waals surface area contributed by atoms with E-state index in [4.69, 9.17) is 30.9 Å². The summed E-state index contributed by atoms with van der Waals surface area (Å²) in [7, 11) is 1.79. The van der Waals surface area contributed by atoms with Gasteiger partial charge in [0, 0.05) is 32.4 Å². The maximum Gasteiger partial charge on any atom is 0.335 e. The predicted octanol–water partition coefficient (Wildman–Crippen LogP) is 0.763. The van der Waals surface area contributed by atoms with Crippen molar-refractivity contribution in [3.05, 3.63) is 54.1 Å². The van der Waals surface area contributed by atoms with Gasteiger partial charge in [0.05, 0.1) is 18.8 Å². The highest BCUT2D eigenvalue weighted by Crippen LogP contribution is 2.25. The highest BCUT2D eigenvalue weighted by atomic mass is 16.5. The summed E-state index contributed by atoms with van der Waals surface area (Å²) < 4.78 is 5.42. The van der Waals surface area contributed by atoms with Crippen LogP contribution in [0.15, 0.2) is 48.5 Å². The number of ether oxygens (including phenoxy) is 1. The van der Waals surface area contributed by atoms with Crippen molar-refractivity contribution in [2.75, 3.05) is 38.3 Å². The van der Waals surface area contributed by atoms with Crippen LogP contribution in [0.5, 0.6) is 0 Å². The quantitative estimate of drug-likeness (QED) is 0.336. The fourth-order valence-corrected chi connectivity index (χ4v) is 3.64. The van der Waals surface area contributed by atoms with Gasteiger partial charge in [-0.25, -0.2) is 9.59 Å².